The Hall–Kier alpha value is -3.01. The fourth-order valence-corrected chi connectivity index (χ4v) is 1.94. The topological polar surface area (TPSA) is 56.0 Å². The van der Waals surface area contributed by atoms with Gasteiger partial charge < -0.3 is 4.42 Å². The van der Waals surface area contributed by atoms with Crippen molar-refractivity contribution in [2.75, 3.05) is 0 Å². The molecular weight excluding hydrogens is 264 g/mol. The van der Waals surface area contributed by atoms with Crippen LogP contribution in [-0.4, -0.2) is 10.2 Å². The van der Waals surface area contributed by atoms with E-state index in [0.717, 1.165) is 16.3 Å². The summed E-state index contributed by atoms with van der Waals surface area (Å²) in [5.74, 6) is 0. The number of hydrogen-bond donors (Lipinski definition) is 0. The molecule has 4 rings (SSSR count). The Morgan fingerprint density at radius 1 is 0.762 bits per heavy atom. The van der Waals surface area contributed by atoms with Crippen LogP contribution in [0.4, 0.5) is 0 Å². The van der Waals surface area contributed by atoms with Crippen molar-refractivity contribution in [2.45, 2.75) is 0 Å². The van der Waals surface area contributed by atoms with E-state index in [2.05, 4.69) is 10.2 Å². The summed E-state index contributed by atoms with van der Waals surface area (Å²) in [7, 11) is 0. The summed E-state index contributed by atoms with van der Waals surface area (Å²) in [6.07, 6.45) is 1.70. The third-order valence-corrected chi connectivity index (χ3v) is 2.95. The lowest BCUT2D eigenvalue weighted by atomic mass is 10.2. The highest BCUT2D eigenvalue weighted by Crippen LogP contribution is 2.09. The summed E-state index contributed by atoms with van der Waals surface area (Å²) in [4.78, 5) is 10.7. The number of para-hydroxylation sites is 1. The molecule has 0 aliphatic heterocycles. The molecule has 0 saturated heterocycles. The third-order valence-electron chi connectivity index (χ3n) is 2.95. The molecule has 0 N–H and O–H groups in total. The normalized spacial score (nSPS) is 10.1. The second-order valence-electron chi connectivity index (χ2n) is 4.38. The van der Waals surface area contributed by atoms with E-state index in [1.807, 2.05) is 48.5 Å². The van der Waals surface area contributed by atoms with Gasteiger partial charge in [0.05, 0.1) is 11.7 Å². The van der Waals surface area contributed by atoms with Crippen LogP contribution in [-0.2, 0) is 0 Å². The fraction of sp³-hybridized carbons (Fsp3) is 0. The van der Waals surface area contributed by atoms with Crippen molar-refractivity contribution >= 4 is 21.9 Å². The standard InChI is InChI=1S/C9H6O2.C8H6N2/c10-9-6-5-7-3-1-2-4-8(7)11-9;1-2-4-8-7(3-1)5-6-9-10-8/h1-6H;1-6H. The maximum Gasteiger partial charge on any atom is 0.336 e. The molecule has 4 heteroatoms. The summed E-state index contributed by atoms with van der Waals surface area (Å²) >= 11 is 0. The molecule has 102 valence electrons. The van der Waals surface area contributed by atoms with Crippen LogP contribution in [0.2, 0.25) is 0 Å². The lowest BCUT2D eigenvalue weighted by Gasteiger charge is -1.91. The van der Waals surface area contributed by atoms with Crippen LogP contribution >= 0.6 is 0 Å². The third kappa shape index (κ3) is 3.12. The molecule has 4 aromatic rings. The number of benzene rings is 2. The van der Waals surface area contributed by atoms with Gasteiger partial charge in [-0.15, -0.1) is 0 Å². The monoisotopic (exact) mass is 276 g/mol. The van der Waals surface area contributed by atoms with Crippen molar-refractivity contribution in [3.8, 4) is 0 Å². The smallest absolute Gasteiger partial charge is 0.336 e. The van der Waals surface area contributed by atoms with Gasteiger partial charge in [0.2, 0.25) is 0 Å². The van der Waals surface area contributed by atoms with E-state index in [9.17, 15) is 4.79 Å². The first-order valence-corrected chi connectivity index (χ1v) is 6.48. The number of hydrogen-bond acceptors (Lipinski definition) is 4. The summed E-state index contributed by atoms with van der Waals surface area (Å²) < 4.78 is 4.91. The first-order chi connectivity index (χ1) is 10.3. The van der Waals surface area contributed by atoms with Crippen molar-refractivity contribution in [3.05, 3.63) is 83.3 Å². The van der Waals surface area contributed by atoms with E-state index >= 15 is 0 Å². The molecule has 2 heterocycles. The second-order valence-corrected chi connectivity index (χ2v) is 4.38. The molecule has 0 aliphatic carbocycles. The predicted molar refractivity (Wildman–Crippen MR) is 82.0 cm³/mol. The minimum Gasteiger partial charge on any atom is -0.423 e. The second kappa shape index (κ2) is 5.96. The van der Waals surface area contributed by atoms with Crippen LogP contribution in [0.25, 0.3) is 21.9 Å². The molecule has 4 nitrogen and oxygen atoms in total. The highest BCUT2D eigenvalue weighted by Gasteiger charge is 1.92. The zero-order chi connectivity index (χ0) is 14.5. The number of rotatable bonds is 0. The Balaban J connectivity index is 0.000000126. The van der Waals surface area contributed by atoms with Gasteiger partial charge >= 0.3 is 5.63 Å². The predicted octanol–water partition coefficient (Wildman–Crippen LogP) is 3.42. The first kappa shape index (κ1) is 13.0. The number of nitrogens with zero attached hydrogens (tertiary/aromatic N) is 2. The van der Waals surface area contributed by atoms with Gasteiger partial charge in [-0.1, -0.05) is 36.4 Å². The van der Waals surface area contributed by atoms with E-state index in [4.69, 9.17) is 4.42 Å². The zero-order valence-electron chi connectivity index (χ0n) is 11.1. The van der Waals surface area contributed by atoms with Crippen LogP contribution in [0.15, 0.2) is 82.1 Å². The molecule has 0 unspecified atom stereocenters. The van der Waals surface area contributed by atoms with Gasteiger partial charge in [-0.2, -0.15) is 10.2 Å². The highest BCUT2D eigenvalue weighted by atomic mass is 16.4. The quantitative estimate of drug-likeness (QED) is 0.462. The van der Waals surface area contributed by atoms with Crippen molar-refractivity contribution in [3.63, 3.8) is 0 Å². The molecule has 0 fully saturated rings. The Bertz CT molecular complexity index is 866. The maximum atomic E-state index is 10.7. The molecule has 2 aromatic carbocycles. The van der Waals surface area contributed by atoms with Crippen molar-refractivity contribution in [1.29, 1.82) is 0 Å². The first-order valence-electron chi connectivity index (χ1n) is 6.48. The molecule has 0 bridgehead atoms. The Labute approximate surface area is 120 Å². The average Bonchev–Trinajstić information content (AvgIpc) is 2.55. The van der Waals surface area contributed by atoms with Crippen molar-refractivity contribution in [2.24, 2.45) is 0 Å². The lowest BCUT2D eigenvalue weighted by Crippen LogP contribution is -1.93. The van der Waals surface area contributed by atoms with E-state index < -0.39 is 0 Å². The zero-order valence-corrected chi connectivity index (χ0v) is 11.1. The average molecular weight is 276 g/mol. The number of fused-ring (bicyclic) bond motifs is 2. The highest BCUT2D eigenvalue weighted by molar-refractivity contribution is 5.77. The maximum absolute atomic E-state index is 10.7. The van der Waals surface area contributed by atoms with Gasteiger partial charge in [-0.05, 0) is 24.3 Å². The van der Waals surface area contributed by atoms with Crippen molar-refractivity contribution in [1.82, 2.24) is 10.2 Å². The van der Waals surface area contributed by atoms with E-state index in [0.29, 0.717) is 5.58 Å². The largest absolute Gasteiger partial charge is 0.423 e. The molecule has 0 spiro atoms. The summed E-state index contributed by atoms with van der Waals surface area (Å²) in [6, 6.07) is 20.4. The van der Waals surface area contributed by atoms with Gasteiger partial charge in [-0.3, -0.25) is 0 Å². The molecule has 0 atom stereocenters. The Morgan fingerprint density at radius 3 is 2.38 bits per heavy atom. The Morgan fingerprint density at radius 2 is 1.52 bits per heavy atom. The van der Waals surface area contributed by atoms with Crippen LogP contribution in [0.1, 0.15) is 0 Å². The summed E-state index contributed by atoms with van der Waals surface area (Å²) in [5.41, 5.74) is 1.29. The lowest BCUT2D eigenvalue weighted by molar-refractivity contribution is 0.561. The van der Waals surface area contributed by atoms with Gasteiger partial charge in [0, 0.05) is 16.8 Å². The van der Waals surface area contributed by atoms with E-state index in [1.165, 1.54) is 6.07 Å². The Kier molecular flexibility index (Phi) is 3.69. The van der Waals surface area contributed by atoms with E-state index in [1.54, 1.807) is 18.3 Å². The minimum absolute atomic E-state index is 0.302. The molecule has 0 radical (unpaired) electrons. The number of aromatic nitrogens is 2. The van der Waals surface area contributed by atoms with Gasteiger partial charge in [0.15, 0.2) is 0 Å². The molecule has 21 heavy (non-hydrogen) atoms. The molecule has 0 saturated carbocycles. The van der Waals surface area contributed by atoms with Crippen LogP contribution in [0, 0.1) is 0 Å². The van der Waals surface area contributed by atoms with Gasteiger partial charge in [0.25, 0.3) is 0 Å². The van der Waals surface area contributed by atoms with Gasteiger partial charge in [0.1, 0.15) is 5.58 Å². The molecule has 2 aromatic heterocycles. The molecule has 0 aliphatic rings. The van der Waals surface area contributed by atoms with Crippen LogP contribution in [0.3, 0.4) is 0 Å². The fourth-order valence-electron chi connectivity index (χ4n) is 1.94. The minimum atomic E-state index is -0.302. The van der Waals surface area contributed by atoms with Crippen molar-refractivity contribution < 1.29 is 4.42 Å². The summed E-state index contributed by atoms with van der Waals surface area (Å²) in [5, 5.41) is 9.78. The molecular formula is C17H12N2O2. The molecule has 0 amide bonds. The summed E-state index contributed by atoms with van der Waals surface area (Å²) in [6.45, 7) is 0. The van der Waals surface area contributed by atoms with Crippen LogP contribution < -0.4 is 5.63 Å². The van der Waals surface area contributed by atoms with Crippen LogP contribution in [0.5, 0.6) is 0 Å². The van der Waals surface area contributed by atoms with E-state index in [-0.39, 0.29) is 5.63 Å². The SMILES string of the molecule is O=c1ccc2ccccc2o1.c1ccc2nnccc2c1. The van der Waals surface area contributed by atoms with Gasteiger partial charge in [-0.25, -0.2) is 4.79 Å².